The molecule has 2 rings (SSSR count). The number of rotatable bonds is 14. The van der Waals surface area contributed by atoms with E-state index in [9.17, 15) is 0 Å². The van der Waals surface area contributed by atoms with Gasteiger partial charge < -0.3 is 9.84 Å². The second kappa shape index (κ2) is 13.5. The Labute approximate surface area is 159 Å². The lowest BCUT2D eigenvalue weighted by molar-refractivity contribution is 0.0768. The molecule has 1 N–H and O–H groups in total. The molecule has 0 aliphatic rings. The Hall–Kier alpha value is -1.64. The van der Waals surface area contributed by atoms with E-state index in [1.807, 2.05) is 0 Å². The van der Waals surface area contributed by atoms with E-state index in [4.69, 9.17) is 9.84 Å². The van der Waals surface area contributed by atoms with E-state index in [0.29, 0.717) is 6.61 Å². The second-order valence-electron chi connectivity index (χ2n) is 6.98. The zero-order valence-corrected chi connectivity index (χ0v) is 16.0. The maximum absolute atomic E-state index is 8.76. The molecule has 142 valence electrons. The lowest BCUT2D eigenvalue weighted by Crippen LogP contribution is -2.07. The van der Waals surface area contributed by atoms with E-state index in [1.54, 1.807) is 0 Å². The van der Waals surface area contributed by atoms with Crippen LogP contribution < -0.4 is 0 Å². The number of ether oxygens (including phenoxy) is 1. The smallest absolute Gasteiger partial charge is 0.108 e. The van der Waals surface area contributed by atoms with E-state index < -0.39 is 0 Å². The van der Waals surface area contributed by atoms with Crippen molar-refractivity contribution in [3.8, 4) is 0 Å². The number of benzene rings is 2. The Kier molecular flexibility index (Phi) is 10.8. The summed E-state index contributed by atoms with van der Waals surface area (Å²) in [7, 11) is 0. The van der Waals surface area contributed by atoms with E-state index in [-0.39, 0.29) is 6.10 Å². The van der Waals surface area contributed by atoms with Crippen molar-refractivity contribution in [1.82, 2.24) is 0 Å². The normalized spacial score (nSPS) is 11.2. The van der Waals surface area contributed by atoms with Crippen LogP contribution in [-0.2, 0) is 4.74 Å². The molecule has 0 radical (unpaired) electrons. The fraction of sp³-hybridized carbons (Fsp3) is 0.500. The van der Waals surface area contributed by atoms with Crippen molar-refractivity contribution in [2.45, 2.75) is 63.9 Å². The van der Waals surface area contributed by atoms with Crippen molar-refractivity contribution in [3.05, 3.63) is 71.8 Å². The second-order valence-corrected chi connectivity index (χ2v) is 6.98. The van der Waals surface area contributed by atoms with Gasteiger partial charge in [0.1, 0.15) is 6.10 Å². The lowest BCUT2D eigenvalue weighted by Gasteiger charge is -2.19. The molecule has 0 unspecified atom stereocenters. The monoisotopic (exact) mass is 354 g/mol. The van der Waals surface area contributed by atoms with Crippen LogP contribution in [0.5, 0.6) is 0 Å². The summed E-state index contributed by atoms with van der Waals surface area (Å²) in [4.78, 5) is 0. The highest BCUT2D eigenvalue weighted by atomic mass is 16.5. The van der Waals surface area contributed by atoms with Crippen molar-refractivity contribution in [1.29, 1.82) is 0 Å². The van der Waals surface area contributed by atoms with Crippen LogP contribution in [0.3, 0.4) is 0 Å². The van der Waals surface area contributed by atoms with E-state index >= 15 is 0 Å². The number of hydrogen-bond acceptors (Lipinski definition) is 2. The molecule has 0 saturated carbocycles. The standard InChI is InChI=1S/C24H34O2/c25-20-14-6-4-2-1-3-5-7-15-21-26-24(22-16-10-8-11-17-22)23-18-12-9-13-19-23/h8-13,16-19,24-25H,1-7,14-15,20-21H2. The van der Waals surface area contributed by atoms with Gasteiger partial charge in [-0.05, 0) is 24.0 Å². The van der Waals surface area contributed by atoms with Crippen LogP contribution in [0.2, 0.25) is 0 Å². The minimum absolute atomic E-state index is 0.0314. The average molecular weight is 355 g/mol. The highest BCUT2D eigenvalue weighted by Crippen LogP contribution is 2.26. The highest BCUT2D eigenvalue weighted by molar-refractivity contribution is 5.29. The van der Waals surface area contributed by atoms with Crippen LogP contribution in [-0.4, -0.2) is 18.3 Å². The first-order valence-corrected chi connectivity index (χ1v) is 10.2. The van der Waals surface area contributed by atoms with Crippen LogP contribution in [0.15, 0.2) is 60.7 Å². The quantitative estimate of drug-likeness (QED) is 0.404. The maximum atomic E-state index is 8.76. The molecule has 0 fully saturated rings. The molecule has 0 heterocycles. The maximum Gasteiger partial charge on any atom is 0.108 e. The van der Waals surface area contributed by atoms with Crippen LogP contribution >= 0.6 is 0 Å². The zero-order valence-electron chi connectivity index (χ0n) is 16.0. The largest absolute Gasteiger partial charge is 0.396 e. The Bertz CT molecular complexity index is 513. The molecule has 0 amide bonds. The molecular formula is C24H34O2. The summed E-state index contributed by atoms with van der Waals surface area (Å²) in [6, 6.07) is 21.0. The van der Waals surface area contributed by atoms with Crippen molar-refractivity contribution in [2.75, 3.05) is 13.2 Å². The van der Waals surface area contributed by atoms with Gasteiger partial charge in [-0.25, -0.2) is 0 Å². The van der Waals surface area contributed by atoms with Crippen molar-refractivity contribution < 1.29 is 9.84 Å². The van der Waals surface area contributed by atoms with E-state index in [0.717, 1.165) is 19.4 Å². The third-order valence-electron chi connectivity index (χ3n) is 4.79. The van der Waals surface area contributed by atoms with Crippen LogP contribution in [0.25, 0.3) is 0 Å². The Morgan fingerprint density at radius 3 is 1.46 bits per heavy atom. The van der Waals surface area contributed by atoms with Crippen LogP contribution in [0.1, 0.15) is 75.0 Å². The fourth-order valence-corrected chi connectivity index (χ4v) is 3.29. The number of aliphatic hydroxyl groups excluding tert-OH is 1. The summed E-state index contributed by atoms with van der Waals surface area (Å²) < 4.78 is 6.26. The molecule has 0 aliphatic heterocycles. The van der Waals surface area contributed by atoms with Gasteiger partial charge in [-0.1, -0.05) is 106 Å². The predicted molar refractivity (Wildman–Crippen MR) is 109 cm³/mol. The minimum atomic E-state index is 0.0314. The Balaban J connectivity index is 1.64. The first-order chi connectivity index (χ1) is 12.9. The third kappa shape index (κ3) is 8.16. The van der Waals surface area contributed by atoms with Gasteiger partial charge in [0.2, 0.25) is 0 Å². The van der Waals surface area contributed by atoms with Gasteiger partial charge in [0, 0.05) is 13.2 Å². The molecule has 0 aromatic heterocycles. The molecule has 0 aliphatic carbocycles. The summed E-state index contributed by atoms with van der Waals surface area (Å²) in [6.45, 7) is 1.15. The number of hydrogen-bond donors (Lipinski definition) is 1. The fourth-order valence-electron chi connectivity index (χ4n) is 3.29. The molecule has 0 atom stereocenters. The zero-order chi connectivity index (χ0) is 18.3. The van der Waals surface area contributed by atoms with Gasteiger partial charge in [0.25, 0.3) is 0 Å². The first-order valence-electron chi connectivity index (χ1n) is 10.2. The Morgan fingerprint density at radius 2 is 1.00 bits per heavy atom. The lowest BCUT2D eigenvalue weighted by atomic mass is 10.0. The molecule has 2 aromatic rings. The van der Waals surface area contributed by atoms with E-state index in [1.165, 1.54) is 56.1 Å². The van der Waals surface area contributed by atoms with Gasteiger partial charge in [-0.3, -0.25) is 0 Å². The van der Waals surface area contributed by atoms with Crippen molar-refractivity contribution in [3.63, 3.8) is 0 Å². The highest BCUT2D eigenvalue weighted by Gasteiger charge is 2.13. The van der Waals surface area contributed by atoms with Gasteiger partial charge in [0.05, 0.1) is 0 Å². The van der Waals surface area contributed by atoms with E-state index in [2.05, 4.69) is 60.7 Å². The van der Waals surface area contributed by atoms with Crippen LogP contribution in [0, 0.1) is 0 Å². The summed E-state index contributed by atoms with van der Waals surface area (Å²) in [5, 5.41) is 8.76. The van der Waals surface area contributed by atoms with Gasteiger partial charge in [0.15, 0.2) is 0 Å². The van der Waals surface area contributed by atoms with Crippen molar-refractivity contribution >= 4 is 0 Å². The minimum Gasteiger partial charge on any atom is -0.396 e. The molecule has 2 nitrogen and oxygen atoms in total. The molecule has 0 saturated heterocycles. The van der Waals surface area contributed by atoms with Gasteiger partial charge in [-0.15, -0.1) is 0 Å². The van der Waals surface area contributed by atoms with Crippen LogP contribution in [0.4, 0.5) is 0 Å². The summed E-state index contributed by atoms with van der Waals surface area (Å²) in [5.74, 6) is 0. The molecule has 26 heavy (non-hydrogen) atoms. The SMILES string of the molecule is OCCCCCCCCCCCOC(c1ccccc1)c1ccccc1. The summed E-state index contributed by atoms with van der Waals surface area (Å²) in [5.41, 5.74) is 2.45. The molecule has 2 aromatic carbocycles. The topological polar surface area (TPSA) is 29.5 Å². The predicted octanol–water partition coefficient (Wildman–Crippen LogP) is 6.30. The Morgan fingerprint density at radius 1 is 0.577 bits per heavy atom. The summed E-state index contributed by atoms with van der Waals surface area (Å²) >= 11 is 0. The third-order valence-corrected chi connectivity index (χ3v) is 4.79. The molecule has 2 heteroatoms. The summed E-state index contributed by atoms with van der Waals surface area (Å²) in [6.07, 6.45) is 11.0. The van der Waals surface area contributed by atoms with Gasteiger partial charge >= 0.3 is 0 Å². The molecular weight excluding hydrogens is 320 g/mol. The molecule has 0 bridgehead atoms. The molecule has 0 spiro atoms. The van der Waals surface area contributed by atoms with Crippen molar-refractivity contribution in [2.24, 2.45) is 0 Å². The number of aliphatic hydroxyl groups is 1. The first kappa shape index (κ1) is 20.7. The number of unbranched alkanes of at least 4 members (excludes halogenated alkanes) is 8. The average Bonchev–Trinajstić information content (AvgIpc) is 2.70. The van der Waals surface area contributed by atoms with Gasteiger partial charge in [-0.2, -0.15) is 0 Å².